The zero-order valence-corrected chi connectivity index (χ0v) is 19.1. The van der Waals surface area contributed by atoms with Gasteiger partial charge in [-0.1, -0.05) is 25.5 Å². The molecule has 2 N–H and O–H groups in total. The molecule has 4 fully saturated rings. The van der Waals surface area contributed by atoms with Crippen LogP contribution in [-0.2, 0) is 9.59 Å². The van der Waals surface area contributed by atoms with E-state index in [4.69, 9.17) is 5.73 Å². The van der Waals surface area contributed by atoms with Crippen molar-refractivity contribution in [3.8, 4) is 6.07 Å². The summed E-state index contributed by atoms with van der Waals surface area (Å²) in [5.74, 6) is 0.333. The van der Waals surface area contributed by atoms with E-state index in [1.54, 1.807) is 4.90 Å². The molecule has 5 unspecified atom stereocenters. The quantitative estimate of drug-likeness (QED) is 0.712. The molecule has 3 heterocycles. The topological polar surface area (TPSA) is 93.7 Å². The Kier molecular flexibility index (Phi) is 5.87. The molecular weight excluding hydrogens is 421 g/mol. The van der Waals surface area contributed by atoms with Crippen LogP contribution in [0.15, 0.2) is 24.3 Å². The van der Waals surface area contributed by atoms with E-state index in [9.17, 15) is 19.2 Å². The number of piperazine rings is 1. The molecule has 2 bridgehead atoms. The van der Waals surface area contributed by atoms with E-state index in [1.165, 1.54) is 18.6 Å². The molecule has 1 aliphatic carbocycles. The molecule has 3 saturated heterocycles. The molecule has 6 atom stereocenters. The van der Waals surface area contributed by atoms with Crippen LogP contribution in [0.4, 0.5) is 4.39 Å². The summed E-state index contributed by atoms with van der Waals surface area (Å²) < 4.78 is 13.5. The molecule has 3 aliphatic heterocycles. The van der Waals surface area contributed by atoms with E-state index in [1.807, 2.05) is 24.0 Å². The average Bonchev–Trinajstić information content (AvgIpc) is 3.43. The van der Waals surface area contributed by atoms with Crippen LogP contribution in [0.25, 0.3) is 0 Å². The van der Waals surface area contributed by atoms with Crippen LogP contribution >= 0.6 is 0 Å². The second kappa shape index (κ2) is 8.69. The van der Waals surface area contributed by atoms with Crippen LogP contribution in [0.3, 0.4) is 0 Å². The van der Waals surface area contributed by atoms with Crippen molar-refractivity contribution < 1.29 is 14.0 Å². The van der Waals surface area contributed by atoms with Gasteiger partial charge in [-0.15, -0.1) is 0 Å². The maximum atomic E-state index is 13.5. The molecule has 4 aliphatic rings. The van der Waals surface area contributed by atoms with Crippen molar-refractivity contribution in [2.75, 3.05) is 19.6 Å². The SMILES string of the molecule is CC1CC(C#N)N(C(=O)C(N)CN2C[C@@H]3CC2C(=O)N3C(c2ccc(F)cc2)C2CCC2)C1. The maximum absolute atomic E-state index is 13.5. The number of carbonyl (C=O) groups is 2. The van der Waals surface area contributed by atoms with E-state index in [0.717, 1.165) is 24.8 Å². The summed E-state index contributed by atoms with van der Waals surface area (Å²) >= 11 is 0. The predicted octanol–water partition coefficient (Wildman–Crippen LogP) is 2.04. The van der Waals surface area contributed by atoms with E-state index in [2.05, 4.69) is 11.0 Å². The van der Waals surface area contributed by atoms with Crippen LogP contribution in [0.5, 0.6) is 0 Å². The van der Waals surface area contributed by atoms with Crippen molar-refractivity contribution in [1.29, 1.82) is 5.26 Å². The fourth-order valence-electron chi connectivity index (χ4n) is 6.29. The molecule has 0 spiro atoms. The van der Waals surface area contributed by atoms with Gasteiger partial charge in [-0.3, -0.25) is 14.5 Å². The normalized spacial score (nSPS) is 31.5. The van der Waals surface area contributed by atoms with Crippen LogP contribution in [0.2, 0.25) is 0 Å². The number of carbonyl (C=O) groups excluding carboxylic acids is 2. The van der Waals surface area contributed by atoms with Gasteiger partial charge < -0.3 is 15.5 Å². The molecule has 8 heteroatoms. The first-order chi connectivity index (χ1) is 15.9. The van der Waals surface area contributed by atoms with Crippen LogP contribution < -0.4 is 5.73 Å². The first-order valence-corrected chi connectivity index (χ1v) is 12.1. The first-order valence-electron chi connectivity index (χ1n) is 12.1. The van der Waals surface area contributed by atoms with Crippen molar-refractivity contribution >= 4 is 11.8 Å². The van der Waals surface area contributed by atoms with Crippen LogP contribution in [-0.4, -0.2) is 70.3 Å². The monoisotopic (exact) mass is 453 g/mol. The Balaban J connectivity index is 1.27. The van der Waals surface area contributed by atoms with E-state index in [0.29, 0.717) is 37.9 Å². The number of fused-ring (bicyclic) bond motifs is 2. The molecule has 0 radical (unpaired) electrons. The molecule has 33 heavy (non-hydrogen) atoms. The molecule has 176 valence electrons. The van der Waals surface area contributed by atoms with Gasteiger partial charge in [0.15, 0.2) is 0 Å². The molecule has 1 aromatic carbocycles. The number of rotatable bonds is 6. The van der Waals surface area contributed by atoms with E-state index >= 15 is 0 Å². The van der Waals surface area contributed by atoms with Gasteiger partial charge in [0, 0.05) is 25.7 Å². The number of hydrogen-bond acceptors (Lipinski definition) is 5. The Bertz CT molecular complexity index is 959. The maximum Gasteiger partial charge on any atom is 0.241 e. The third kappa shape index (κ3) is 3.91. The zero-order valence-electron chi connectivity index (χ0n) is 19.1. The van der Waals surface area contributed by atoms with E-state index < -0.39 is 12.1 Å². The van der Waals surface area contributed by atoms with Gasteiger partial charge in [-0.05, 0) is 55.2 Å². The Hall–Kier alpha value is -2.50. The van der Waals surface area contributed by atoms with Gasteiger partial charge in [0.1, 0.15) is 11.9 Å². The summed E-state index contributed by atoms with van der Waals surface area (Å²) in [5, 5.41) is 9.38. The first kappa shape index (κ1) is 22.3. The minimum atomic E-state index is -0.744. The zero-order chi connectivity index (χ0) is 23.3. The number of benzene rings is 1. The van der Waals surface area contributed by atoms with E-state index in [-0.39, 0.29) is 35.8 Å². The lowest BCUT2D eigenvalue weighted by molar-refractivity contribution is -0.143. The summed E-state index contributed by atoms with van der Waals surface area (Å²) in [5.41, 5.74) is 7.30. The number of halogens is 1. The second-order valence-electron chi connectivity index (χ2n) is 10.4. The summed E-state index contributed by atoms with van der Waals surface area (Å²) in [6.45, 7) is 3.62. The lowest BCUT2D eigenvalue weighted by atomic mass is 9.76. The van der Waals surface area contributed by atoms with Crippen molar-refractivity contribution in [1.82, 2.24) is 14.7 Å². The Labute approximate surface area is 194 Å². The van der Waals surface area contributed by atoms with Crippen LogP contribution in [0, 0.1) is 29.0 Å². The van der Waals surface area contributed by atoms with Crippen molar-refractivity contribution in [2.24, 2.45) is 17.6 Å². The molecule has 0 aromatic heterocycles. The smallest absolute Gasteiger partial charge is 0.241 e. The second-order valence-corrected chi connectivity index (χ2v) is 10.4. The van der Waals surface area contributed by atoms with Crippen molar-refractivity contribution in [3.05, 3.63) is 35.6 Å². The standard InChI is InChI=1S/C25H32FN5O2/c1-15-9-19(11-27)30(12-15)24(32)21(28)14-29-13-20-10-22(29)25(33)31(20)23(16-3-2-4-16)17-5-7-18(26)8-6-17/h5-8,15-16,19-23H,2-4,9-10,12-14,28H2,1H3/t15?,19?,20-,21?,22?,23?/m0/s1. The third-order valence-electron chi connectivity index (χ3n) is 8.11. The average molecular weight is 454 g/mol. The Morgan fingerprint density at radius 1 is 1.24 bits per heavy atom. The van der Waals surface area contributed by atoms with Crippen molar-refractivity contribution in [3.63, 3.8) is 0 Å². The number of nitriles is 1. The van der Waals surface area contributed by atoms with Gasteiger partial charge >= 0.3 is 0 Å². The lowest BCUT2D eigenvalue weighted by Gasteiger charge is -2.45. The predicted molar refractivity (Wildman–Crippen MR) is 120 cm³/mol. The number of amides is 2. The largest absolute Gasteiger partial charge is 0.330 e. The number of likely N-dealkylation sites (tertiary alicyclic amines) is 3. The molecule has 1 saturated carbocycles. The summed E-state index contributed by atoms with van der Waals surface area (Å²) in [6, 6.07) is 7.45. The number of nitrogens with zero attached hydrogens (tertiary/aromatic N) is 4. The highest BCUT2D eigenvalue weighted by molar-refractivity contribution is 5.87. The highest BCUT2D eigenvalue weighted by Gasteiger charge is 2.54. The summed E-state index contributed by atoms with van der Waals surface area (Å²) in [4.78, 5) is 32.1. The summed E-state index contributed by atoms with van der Waals surface area (Å²) in [7, 11) is 0. The minimum Gasteiger partial charge on any atom is -0.330 e. The van der Waals surface area contributed by atoms with Gasteiger partial charge in [0.2, 0.25) is 11.8 Å². The van der Waals surface area contributed by atoms with Gasteiger partial charge in [-0.25, -0.2) is 4.39 Å². The Morgan fingerprint density at radius 3 is 2.58 bits per heavy atom. The molecule has 5 rings (SSSR count). The number of hydrogen-bond donors (Lipinski definition) is 1. The van der Waals surface area contributed by atoms with Gasteiger partial charge in [0.05, 0.1) is 24.2 Å². The molecule has 7 nitrogen and oxygen atoms in total. The lowest BCUT2D eigenvalue weighted by Crippen LogP contribution is -2.57. The highest BCUT2D eigenvalue weighted by Crippen LogP contribution is 2.47. The molecule has 1 aromatic rings. The summed E-state index contributed by atoms with van der Waals surface area (Å²) in [6.07, 6.45) is 4.76. The minimum absolute atomic E-state index is 0.0122. The van der Waals surface area contributed by atoms with Crippen molar-refractivity contribution in [2.45, 2.75) is 69.2 Å². The highest BCUT2D eigenvalue weighted by atomic mass is 19.1. The fourth-order valence-corrected chi connectivity index (χ4v) is 6.29. The van der Waals surface area contributed by atoms with Gasteiger partial charge in [0.25, 0.3) is 0 Å². The van der Waals surface area contributed by atoms with Gasteiger partial charge in [-0.2, -0.15) is 5.26 Å². The molecular formula is C25H32FN5O2. The fraction of sp³-hybridized carbons (Fsp3) is 0.640. The van der Waals surface area contributed by atoms with Crippen LogP contribution in [0.1, 0.15) is 50.6 Å². The third-order valence-corrected chi connectivity index (χ3v) is 8.11. The number of nitrogens with two attached hydrogens (primary N) is 1. The molecule has 2 amide bonds. The Morgan fingerprint density at radius 2 is 1.97 bits per heavy atom.